The molecule has 226 valence electrons. The number of hydrogen-bond donors (Lipinski definition) is 1. The Morgan fingerprint density at radius 1 is 0.929 bits per heavy atom. The zero-order valence-corrected chi connectivity index (χ0v) is 26.6. The number of benzene rings is 3. The Morgan fingerprint density at radius 2 is 1.52 bits per heavy atom. The molecule has 0 fully saturated rings. The number of rotatable bonds is 13. The van der Waals surface area contributed by atoms with Crippen molar-refractivity contribution >= 4 is 39.1 Å². The van der Waals surface area contributed by atoms with Gasteiger partial charge in [0.05, 0.1) is 17.7 Å². The molecule has 3 aromatic carbocycles. The first-order valence-electron chi connectivity index (χ1n) is 14.0. The maximum atomic E-state index is 14.2. The summed E-state index contributed by atoms with van der Waals surface area (Å²) in [5.41, 5.74) is 2.88. The highest BCUT2D eigenvalue weighted by Crippen LogP contribution is 2.35. The minimum Gasteiger partial charge on any atom is -0.495 e. The van der Waals surface area contributed by atoms with Gasteiger partial charge in [-0.2, -0.15) is 0 Å². The summed E-state index contributed by atoms with van der Waals surface area (Å²) in [4.78, 5) is 29.1. The molecule has 42 heavy (non-hydrogen) atoms. The summed E-state index contributed by atoms with van der Waals surface area (Å²) >= 11 is 6.31. The summed E-state index contributed by atoms with van der Waals surface area (Å²) in [6.07, 6.45) is 1.07. The number of nitrogens with one attached hydrogen (secondary N) is 1. The van der Waals surface area contributed by atoms with E-state index in [4.69, 9.17) is 16.3 Å². The number of ether oxygens (including phenoxy) is 1. The van der Waals surface area contributed by atoms with Crippen molar-refractivity contribution in [2.75, 3.05) is 18.0 Å². The Hall–Kier alpha value is -3.56. The largest absolute Gasteiger partial charge is 0.495 e. The Morgan fingerprint density at radius 3 is 2.07 bits per heavy atom. The van der Waals surface area contributed by atoms with Gasteiger partial charge >= 0.3 is 0 Å². The number of sulfonamides is 1. The van der Waals surface area contributed by atoms with Crippen LogP contribution in [0.2, 0.25) is 5.02 Å². The number of nitrogens with zero attached hydrogens (tertiary/aromatic N) is 2. The van der Waals surface area contributed by atoms with E-state index in [0.717, 1.165) is 27.4 Å². The lowest BCUT2D eigenvalue weighted by Crippen LogP contribution is -2.53. The second kappa shape index (κ2) is 14.6. The smallest absolute Gasteiger partial charge is 0.264 e. The molecule has 10 heteroatoms. The molecule has 0 saturated carbocycles. The van der Waals surface area contributed by atoms with Crippen molar-refractivity contribution in [2.45, 2.75) is 71.0 Å². The van der Waals surface area contributed by atoms with E-state index in [1.54, 1.807) is 24.3 Å². The van der Waals surface area contributed by atoms with Gasteiger partial charge in [-0.1, -0.05) is 73.0 Å². The lowest BCUT2D eigenvalue weighted by molar-refractivity contribution is -0.140. The van der Waals surface area contributed by atoms with Crippen LogP contribution in [-0.4, -0.2) is 50.9 Å². The molecule has 3 rings (SSSR count). The number of hydrogen-bond acceptors (Lipinski definition) is 5. The molecule has 0 bridgehead atoms. The number of halogens is 1. The number of amides is 2. The SMILES string of the molecule is CC[C@H](C(=O)N[C@@H](C)CC)N(Cc1ccc(C)cc1)C(=O)CN(c1cc(Cl)ccc1OC)S(=O)(=O)c1ccc(C)cc1. The van der Waals surface area contributed by atoms with Gasteiger partial charge < -0.3 is 15.0 Å². The fraction of sp³-hybridized carbons (Fsp3) is 0.375. The molecule has 0 unspecified atom stereocenters. The molecule has 0 aliphatic heterocycles. The zero-order chi connectivity index (χ0) is 31.0. The second-order valence-electron chi connectivity index (χ2n) is 10.4. The monoisotopic (exact) mass is 613 g/mol. The number of aryl methyl sites for hydroxylation is 2. The molecule has 0 saturated heterocycles. The number of anilines is 1. The van der Waals surface area contributed by atoms with Crippen molar-refractivity contribution < 1.29 is 22.7 Å². The Bertz CT molecular complexity index is 1480. The van der Waals surface area contributed by atoms with E-state index in [1.165, 1.54) is 30.2 Å². The third-order valence-electron chi connectivity index (χ3n) is 7.16. The van der Waals surface area contributed by atoms with Gasteiger partial charge in [0.2, 0.25) is 11.8 Å². The number of carbonyl (C=O) groups excluding carboxylic acids is 2. The predicted molar refractivity (Wildman–Crippen MR) is 167 cm³/mol. The van der Waals surface area contributed by atoms with Gasteiger partial charge in [0.1, 0.15) is 18.3 Å². The average Bonchev–Trinajstić information content (AvgIpc) is 2.96. The minimum absolute atomic E-state index is 0.00886. The molecule has 0 aliphatic rings. The third kappa shape index (κ3) is 8.04. The molecule has 2 atom stereocenters. The van der Waals surface area contributed by atoms with Crippen LogP contribution in [0.5, 0.6) is 5.75 Å². The van der Waals surface area contributed by atoms with Gasteiger partial charge in [0, 0.05) is 17.6 Å². The summed E-state index contributed by atoms with van der Waals surface area (Å²) in [6, 6.07) is 17.7. The molecule has 0 heterocycles. The molecule has 8 nitrogen and oxygen atoms in total. The van der Waals surface area contributed by atoms with Crippen LogP contribution in [0.15, 0.2) is 71.6 Å². The second-order valence-corrected chi connectivity index (χ2v) is 12.7. The fourth-order valence-electron chi connectivity index (χ4n) is 4.46. The van der Waals surface area contributed by atoms with Crippen molar-refractivity contribution in [3.8, 4) is 5.75 Å². The van der Waals surface area contributed by atoms with E-state index in [-0.39, 0.29) is 39.8 Å². The third-order valence-corrected chi connectivity index (χ3v) is 9.17. The molecule has 0 aliphatic carbocycles. The molecule has 3 aromatic rings. The van der Waals surface area contributed by atoms with Crippen molar-refractivity contribution in [3.05, 3.63) is 88.4 Å². The average molecular weight is 614 g/mol. The topological polar surface area (TPSA) is 96.0 Å². The van der Waals surface area contributed by atoms with E-state index in [9.17, 15) is 18.0 Å². The van der Waals surface area contributed by atoms with Crippen LogP contribution in [0.4, 0.5) is 5.69 Å². The first-order chi connectivity index (χ1) is 19.9. The quantitative estimate of drug-likeness (QED) is 0.260. The lowest BCUT2D eigenvalue weighted by atomic mass is 10.1. The van der Waals surface area contributed by atoms with Crippen molar-refractivity contribution in [1.29, 1.82) is 0 Å². The molecule has 2 amide bonds. The van der Waals surface area contributed by atoms with Gasteiger partial charge in [-0.05, 0) is 69.5 Å². The van der Waals surface area contributed by atoms with E-state index in [0.29, 0.717) is 6.42 Å². The maximum Gasteiger partial charge on any atom is 0.264 e. The maximum absolute atomic E-state index is 14.2. The van der Waals surface area contributed by atoms with Crippen LogP contribution in [0, 0.1) is 13.8 Å². The van der Waals surface area contributed by atoms with Crippen LogP contribution in [0.3, 0.4) is 0 Å². The Kier molecular flexibility index (Phi) is 11.4. The highest BCUT2D eigenvalue weighted by Gasteiger charge is 2.35. The van der Waals surface area contributed by atoms with E-state index < -0.39 is 28.5 Å². The lowest BCUT2D eigenvalue weighted by Gasteiger charge is -2.34. The Labute approximate surface area is 254 Å². The van der Waals surface area contributed by atoms with Crippen LogP contribution < -0.4 is 14.4 Å². The summed E-state index contributed by atoms with van der Waals surface area (Å²) in [6.45, 7) is 9.06. The van der Waals surface area contributed by atoms with Gasteiger partial charge in [0.25, 0.3) is 10.0 Å². The van der Waals surface area contributed by atoms with Crippen molar-refractivity contribution in [2.24, 2.45) is 0 Å². The van der Waals surface area contributed by atoms with E-state index in [2.05, 4.69) is 5.32 Å². The Balaban J connectivity index is 2.12. The predicted octanol–water partition coefficient (Wildman–Crippen LogP) is 5.88. The van der Waals surface area contributed by atoms with Gasteiger partial charge in [0.15, 0.2) is 0 Å². The number of carbonyl (C=O) groups is 2. The normalized spacial score (nSPS) is 12.7. The fourth-order valence-corrected chi connectivity index (χ4v) is 6.04. The molecule has 0 aromatic heterocycles. The van der Waals surface area contributed by atoms with Gasteiger partial charge in [-0.3, -0.25) is 13.9 Å². The molecular formula is C32H40ClN3O5S. The van der Waals surface area contributed by atoms with Crippen LogP contribution in [0.1, 0.15) is 50.3 Å². The molecule has 1 N–H and O–H groups in total. The molecule has 0 spiro atoms. The molecule has 0 radical (unpaired) electrons. The van der Waals surface area contributed by atoms with Crippen LogP contribution in [-0.2, 0) is 26.2 Å². The molecular weight excluding hydrogens is 574 g/mol. The standard InChI is InChI=1S/C32H40ClN3O5S/c1-7-24(5)34-32(38)28(8-2)35(20-25-13-9-22(3)10-14-25)31(37)21-36(29-19-26(33)15-18-30(29)41-6)42(39,40)27-16-11-23(4)12-17-27/h9-19,24,28H,7-8,20-21H2,1-6H3,(H,34,38)/t24-,28+/m0/s1. The number of methoxy groups -OCH3 is 1. The van der Waals surface area contributed by atoms with E-state index >= 15 is 0 Å². The van der Waals surface area contributed by atoms with Gasteiger partial charge in [-0.15, -0.1) is 0 Å². The first-order valence-corrected chi connectivity index (χ1v) is 15.8. The highest BCUT2D eigenvalue weighted by atomic mass is 35.5. The first kappa shape index (κ1) is 32.9. The van der Waals surface area contributed by atoms with E-state index in [1.807, 2.05) is 58.9 Å². The summed E-state index contributed by atoms with van der Waals surface area (Å²) < 4.78 is 34.7. The van der Waals surface area contributed by atoms with Crippen LogP contribution in [0.25, 0.3) is 0 Å². The highest BCUT2D eigenvalue weighted by molar-refractivity contribution is 7.92. The van der Waals surface area contributed by atoms with Crippen molar-refractivity contribution in [3.63, 3.8) is 0 Å². The summed E-state index contributed by atoms with van der Waals surface area (Å²) in [7, 11) is -2.84. The van der Waals surface area contributed by atoms with Gasteiger partial charge in [-0.25, -0.2) is 8.42 Å². The van der Waals surface area contributed by atoms with Crippen molar-refractivity contribution in [1.82, 2.24) is 10.2 Å². The minimum atomic E-state index is -4.26. The van der Waals surface area contributed by atoms with Crippen LogP contribution >= 0.6 is 11.6 Å². The zero-order valence-electron chi connectivity index (χ0n) is 25.1. The summed E-state index contributed by atoms with van der Waals surface area (Å²) in [5.74, 6) is -0.602. The summed E-state index contributed by atoms with van der Waals surface area (Å²) in [5, 5.41) is 3.26.